The van der Waals surface area contributed by atoms with Crippen LogP contribution in [0.1, 0.15) is 21.7 Å². The van der Waals surface area contributed by atoms with Crippen LogP contribution in [0.25, 0.3) is 10.8 Å². The monoisotopic (exact) mass is 662 g/mol. The predicted molar refractivity (Wildman–Crippen MR) is 163 cm³/mol. The van der Waals surface area contributed by atoms with Gasteiger partial charge in [0, 0.05) is 18.0 Å². The highest BCUT2D eigenvalue weighted by Crippen LogP contribution is 2.31. The quantitative estimate of drug-likeness (QED) is 0.172. The summed E-state index contributed by atoms with van der Waals surface area (Å²) in [4.78, 5) is 25.8. The number of nitrogens with one attached hydrogen (secondary N) is 1. The second-order valence-corrected chi connectivity index (χ2v) is 13.0. The van der Waals surface area contributed by atoms with Crippen molar-refractivity contribution in [3.8, 4) is 5.75 Å². The summed E-state index contributed by atoms with van der Waals surface area (Å²) in [5, 5.41) is 16.4. The van der Waals surface area contributed by atoms with Gasteiger partial charge in [0.1, 0.15) is 17.6 Å². The Kier molecular flexibility index (Phi) is 10.2. The second-order valence-electron chi connectivity index (χ2n) is 9.96. The number of nitrogens with zero attached hydrogens (tertiary/aromatic N) is 2. The molecule has 5 rings (SSSR count). The highest BCUT2D eigenvalue weighted by molar-refractivity contribution is 7.89. The molecular formula is C30H29F3N4O6S2. The summed E-state index contributed by atoms with van der Waals surface area (Å²) in [6.45, 7) is 0.867. The van der Waals surface area contributed by atoms with Gasteiger partial charge in [-0.2, -0.15) is 17.5 Å². The smallest absolute Gasteiger partial charge is 0.490 e. The van der Waals surface area contributed by atoms with E-state index in [2.05, 4.69) is 0 Å². The molecule has 10 nitrogen and oxygen atoms in total. The summed E-state index contributed by atoms with van der Waals surface area (Å²) in [5.41, 5.74) is 6.38. The maximum absolute atomic E-state index is 14.1. The molecule has 2 heterocycles. The van der Waals surface area contributed by atoms with E-state index in [-0.39, 0.29) is 23.2 Å². The first-order valence-electron chi connectivity index (χ1n) is 13.4. The Morgan fingerprint density at radius 2 is 1.76 bits per heavy atom. The van der Waals surface area contributed by atoms with Crippen LogP contribution in [0.2, 0.25) is 0 Å². The topological polar surface area (TPSA) is 154 Å². The van der Waals surface area contributed by atoms with E-state index in [1.807, 2.05) is 48.5 Å². The molecule has 0 bridgehead atoms. The van der Waals surface area contributed by atoms with Gasteiger partial charge in [-0.05, 0) is 59.2 Å². The molecule has 0 aliphatic carbocycles. The molecule has 1 atom stereocenters. The van der Waals surface area contributed by atoms with Crippen LogP contribution in [0.4, 0.5) is 13.2 Å². The fourth-order valence-electron chi connectivity index (χ4n) is 4.69. The first-order valence-corrected chi connectivity index (χ1v) is 15.6. The number of aliphatic carboxylic acids is 1. The van der Waals surface area contributed by atoms with Crippen molar-refractivity contribution >= 4 is 49.8 Å². The van der Waals surface area contributed by atoms with Gasteiger partial charge in [-0.3, -0.25) is 10.2 Å². The molecule has 0 radical (unpaired) electrons. The van der Waals surface area contributed by atoms with Gasteiger partial charge in [0.25, 0.3) is 0 Å². The van der Waals surface area contributed by atoms with Crippen molar-refractivity contribution in [1.82, 2.24) is 9.21 Å². The molecule has 15 heteroatoms. The highest BCUT2D eigenvalue weighted by atomic mass is 32.2. The normalized spacial score (nSPS) is 15.2. The molecule has 3 aromatic carbocycles. The molecule has 0 saturated carbocycles. The second kappa shape index (κ2) is 13.7. The summed E-state index contributed by atoms with van der Waals surface area (Å²) in [6, 6.07) is 22.6. The number of hydrogen-bond donors (Lipinski definition) is 3. The van der Waals surface area contributed by atoms with Gasteiger partial charge >= 0.3 is 12.1 Å². The molecule has 45 heavy (non-hydrogen) atoms. The molecule has 4 N–H and O–H groups in total. The molecule has 4 aromatic rings. The van der Waals surface area contributed by atoms with Crippen LogP contribution < -0.4 is 10.5 Å². The van der Waals surface area contributed by atoms with Crippen LogP contribution in [0.5, 0.6) is 5.75 Å². The zero-order chi connectivity index (χ0) is 32.9. The summed E-state index contributed by atoms with van der Waals surface area (Å²) >= 11 is 1.36. The standard InChI is InChI=1S/C28H28N4O4S2.C2HF3O2/c1-36-22-9-7-20-8-11-24(16-21(20)15-22)38(34,35)32(17-19-5-3-2-4-6-19)25-13-14-31(28(25)33)18-23-10-12-26(37-23)27(29)30;3-2(4,5)1(6)7/h2-12,15-16,25H,13-14,17-18H2,1H3,(H3,29,30);(H,6,7). The van der Waals surface area contributed by atoms with Gasteiger partial charge in [0.15, 0.2) is 0 Å². The Bertz CT molecular complexity index is 1810. The first-order chi connectivity index (χ1) is 21.2. The number of thiophene rings is 1. The predicted octanol–water partition coefficient (Wildman–Crippen LogP) is 4.82. The van der Waals surface area contributed by atoms with Crippen molar-refractivity contribution in [2.45, 2.75) is 36.6 Å². The van der Waals surface area contributed by atoms with E-state index in [0.717, 1.165) is 21.2 Å². The van der Waals surface area contributed by atoms with Crippen LogP contribution in [0.3, 0.4) is 0 Å². The zero-order valence-electron chi connectivity index (χ0n) is 23.8. The van der Waals surface area contributed by atoms with E-state index in [1.165, 1.54) is 15.6 Å². The number of fused-ring (bicyclic) bond motifs is 1. The summed E-state index contributed by atoms with van der Waals surface area (Å²) in [5.74, 6) is -2.37. The minimum absolute atomic E-state index is 0.0139. The van der Waals surface area contributed by atoms with Crippen LogP contribution in [-0.4, -0.2) is 66.3 Å². The number of sulfonamides is 1. The van der Waals surface area contributed by atoms with Crippen molar-refractivity contribution in [2.24, 2.45) is 5.73 Å². The number of carboxylic acids is 1. The van der Waals surface area contributed by atoms with Crippen LogP contribution in [0.15, 0.2) is 83.8 Å². The molecule has 238 valence electrons. The average molecular weight is 663 g/mol. The van der Waals surface area contributed by atoms with E-state index < -0.39 is 28.2 Å². The van der Waals surface area contributed by atoms with Gasteiger partial charge in [-0.25, -0.2) is 13.2 Å². The van der Waals surface area contributed by atoms with Crippen LogP contribution in [-0.2, 0) is 32.7 Å². The first kappa shape index (κ1) is 33.4. The van der Waals surface area contributed by atoms with E-state index in [4.69, 9.17) is 25.8 Å². The fourth-order valence-corrected chi connectivity index (χ4v) is 7.22. The Hall–Kier alpha value is -4.47. The number of carbonyl (C=O) groups is 2. The number of halogens is 3. The van der Waals surface area contributed by atoms with Gasteiger partial charge < -0.3 is 20.5 Å². The lowest BCUT2D eigenvalue weighted by Gasteiger charge is -2.27. The number of hydrogen-bond acceptors (Lipinski definition) is 7. The summed E-state index contributed by atoms with van der Waals surface area (Å²) in [6.07, 6.45) is -4.70. The third-order valence-corrected chi connectivity index (χ3v) is 9.89. The highest BCUT2D eigenvalue weighted by Gasteiger charge is 2.42. The largest absolute Gasteiger partial charge is 0.497 e. The van der Waals surface area contributed by atoms with Gasteiger partial charge in [0.05, 0.1) is 23.4 Å². The van der Waals surface area contributed by atoms with E-state index >= 15 is 0 Å². The lowest BCUT2D eigenvalue weighted by molar-refractivity contribution is -0.192. The number of amides is 1. The zero-order valence-corrected chi connectivity index (χ0v) is 25.5. The summed E-state index contributed by atoms with van der Waals surface area (Å²) in [7, 11) is -2.46. The molecule has 0 spiro atoms. The summed E-state index contributed by atoms with van der Waals surface area (Å²) < 4.78 is 66.6. The van der Waals surface area contributed by atoms with Crippen molar-refractivity contribution in [2.75, 3.05) is 13.7 Å². The molecule has 1 unspecified atom stereocenters. The fraction of sp³-hybridized carbons (Fsp3) is 0.233. The molecule has 1 aliphatic heterocycles. The minimum Gasteiger partial charge on any atom is -0.497 e. The maximum Gasteiger partial charge on any atom is 0.490 e. The number of ether oxygens (including phenoxy) is 1. The lowest BCUT2D eigenvalue weighted by atomic mass is 10.1. The van der Waals surface area contributed by atoms with Gasteiger partial charge in [-0.15, -0.1) is 11.3 Å². The van der Waals surface area contributed by atoms with E-state index in [0.29, 0.717) is 30.1 Å². The number of methoxy groups -OCH3 is 1. The number of likely N-dealkylation sites (tertiary alicyclic amines) is 1. The van der Waals surface area contributed by atoms with E-state index in [9.17, 15) is 26.4 Å². The Labute approximate surface area is 261 Å². The number of alkyl halides is 3. The minimum atomic E-state index is -5.08. The molecular weight excluding hydrogens is 633 g/mol. The average Bonchev–Trinajstić information content (AvgIpc) is 3.62. The Morgan fingerprint density at radius 3 is 2.36 bits per heavy atom. The Balaban J connectivity index is 0.000000591. The number of amidine groups is 1. The number of carboxylic acid groups (broad SMARTS) is 1. The van der Waals surface area contributed by atoms with Crippen molar-refractivity contribution < 1.29 is 41.0 Å². The molecule has 1 amide bonds. The maximum atomic E-state index is 14.1. The van der Waals surface area contributed by atoms with E-state index in [1.54, 1.807) is 42.3 Å². The molecule has 1 fully saturated rings. The van der Waals surface area contributed by atoms with Crippen molar-refractivity contribution in [3.05, 3.63) is 94.2 Å². The SMILES string of the molecule is COc1ccc2ccc(S(=O)(=O)N(Cc3ccccc3)C3CCN(Cc4ccc(C(=N)N)s4)C3=O)cc2c1.O=C(O)C(F)(F)F. The lowest BCUT2D eigenvalue weighted by Crippen LogP contribution is -2.44. The van der Waals surface area contributed by atoms with Gasteiger partial charge in [0.2, 0.25) is 15.9 Å². The van der Waals surface area contributed by atoms with Crippen molar-refractivity contribution in [3.63, 3.8) is 0 Å². The van der Waals surface area contributed by atoms with Crippen LogP contribution in [0, 0.1) is 5.41 Å². The third kappa shape index (κ3) is 7.98. The number of carbonyl (C=O) groups excluding carboxylic acids is 1. The molecule has 1 aromatic heterocycles. The molecule has 1 saturated heterocycles. The number of nitrogens with two attached hydrogens (primary N) is 1. The van der Waals surface area contributed by atoms with Crippen molar-refractivity contribution in [1.29, 1.82) is 5.41 Å². The number of nitrogen functional groups attached to an aromatic ring is 1. The van der Waals surface area contributed by atoms with Gasteiger partial charge in [-0.1, -0.05) is 42.5 Å². The Morgan fingerprint density at radius 1 is 1.09 bits per heavy atom. The molecule has 1 aliphatic rings. The number of benzene rings is 3. The third-order valence-electron chi connectivity index (χ3n) is 6.94. The van der Waals surface area contributed by atoms with Crippen LogP contribution >= 0.6 is 11.3 Å². The number of rotatable bonds is 9.